The minimum absolute atomic E-state index is 0.171. The number of anilines is 2. The van der Waals surface area contributed by atoms with Crippen LogP contribution in [0.25, 0.3) is 0 Å². The fourth-order valence-corrected chi connectivity index (χ4v) is 2.01. The topological polar surface area (TPSA) is 80.1 Å². The lowest BCUT2D eigenvalue weighted by molar-refractivity contribution is 0.261. The predicted molar refractivity (Wildman–Crippen MR) is 82.5 cm³/mol. The molecule has 0 fully saturated rings. The molecule has 1 aromatic heterocycles. The highest BCUT2D eigenvalue weighted by molar-refractivity contribution is 5.98. The van der Waals surface area contributed by atoms with Crippen molar-refractivity contribution < 1.29 is 18.0 Å². The molecule has 2 N–H and O–H groups in total. The maximum absolute atomic E-state index is 13.5. The van der Waals surface area contributed by atoms with Gasteiger partial charge in [0.15, 0.2) is 0 Å². The molecule has 0 aliphatic carbocycles. The Morgan fingerprint density at radius 3 is 2.38 bits per heavy atom. The lowest BCUT2D eigenvalue weighted by Crippen LogP contribution is -2.21. The van der Waals surface area contributed by atoms with Gasteiger partial charge in [0.2, 0.25) is 5.89 Å². The molecule has 0 spiro atoms. The number of carbonyl (C=O) groups excluding carboxylic acids is 1. The van der Waals surface area contributed by atoms with E-state index < -0.39 is 23.4 Å². The normalized spacial score (nSPS) is 10.4. The Bertz CT molecular complexity index is 832. The van der Waals surface area contributed by atoms with Crippen LogP contribution in [0.15, 0.2) is 52.9 Å². The molecule has 0 saturated carbocycles. The molecule has 2 aromatic carbocycles. The Morgan fingerprint density at radius 2 is 1.67 bits per heavy atom. The van der Waals surface area contributed by atoms with E-state index in [4.69, 9.17) is 4.42 Å². The second-order valence-electron chi connectivity index (χ2n) is 4.84. The number of amides is 2. The molecular weight excluding hydrogens is 318 g/mol. The average molecular weight is 330 g/mol. The Balaban J connectivity index is 1.63. The molecule has 0 radical (unpaired) electrons. The molecule has 122 valence electrons. The lowest BCUT2D eigenvalue weighted by atomic mass is 10.2. The summed E-state index contributed by atoms with van der Waals surface area (Å²) in [6.07, 6.45) is 0.402. The summed E-state index contributed by atoms with van der Waals surface area (Å²) in [5.41, 5.74) is 0.407. The van der Waals surface area contributed by atoms with Gasteiger partial charge in [-0.2, -0.15) is 0 Å². The number of carbonyl (C=O) groups is 1. The highest BCUT2D eigenvalue weighted by Gasteiger charge is 2.14. The van der Waals surface area contributed by atoms with Crippen molar-refractivity contribution in [2.24, 2.45) is 0 Å². The van der Waals surface area contributed by atoms with E-state index in [9.17, 15) is 13.6 Å². The van der Waals surface area contributed by atoms with E-state index in [0.29, 0.717) is 12.3 Å². The van der Waals surface area contributed by atoms with E-state index in [1.165, 1.54) is 6.07 Å². The second kappa shape index (κ2) is 6.86. The number of para-hydroxylation sites is 1. The molecule has 3 aromatic rings. The number of benzene rings is 2. The zero-order valence-corrected chi connectivity index (χ0v) is 12.3. The van der Waals surface area contributed by atoms with Gasteiger partial charge >= 0.3 is 12.0 Å². The van der Waals surface area contributed by atoms with Crippen LogP contribution in [0.1, 0.15) is 11.5 Å². The Kier molecular flexibility index (Phi) is 4.46. The number of nitrogens with zero attached hydrogens (tertiary/aromatic N) is 2. The molecular formula is C16H12F2N4O2. The van der Waals surface area contributed by atoms with Crippen molar-refractivity contribution in [2.75, 3.05) is 10.6 Å². The number of urea groups is 1. The standard InChI is InChI=1S/C16H12F2N4O2/c17-11-7-4-8-12(18)14(11)19-15(23)20-16-22-21-13(24-16)9-10-5-2-1-3-6-10/h1-8H,9H2,(H2,19,20,22,23). The van der Waals surface area contributed by atoms with E-state index in [2.05, 4.69) is 20.8 Å². The molecule has 0 atom stereocenters. The van der Waals surface area contributed by atoms with E-state index in [1.54, 1.807) is 0 Å². The van der Waals surface area contributed by atoms with Crippen LogP contribution in [-0.4, -0.2) is 16.2 Å². The third kappa shape index (κ3) is 3.72. The van der Waals surface area contributed by atoms with Crippen LogP contribution >= 0.6 is 0 Å². The third-order valence-corrected chi connectivity index (χ3v) is 3.09. The summed E-state index contributed by atoms with van der Waals surface area (Å²) >= 11 is 0. The number of aromatic nitrogens is 2. The predicted octanol–water partition coefficient (Wildman–Crippen LogP) is 3.58. The number of rotatable bonds is 4. The summed E-state index contributed by atoms with van der Waals surface area (Å²) < 4.78 is 32.2. The number of nitrogens with one attached hydrogen (secondary N) is 2. The Morgan fingerprint density at radius 1 is 0.958 bits per heavy atom. The minimum atomic E-state index is -0.895. The Labute approximate surface area is 135 Å². The van der Waals surface area contributed by atoms with Gasteiger partial charge in [-0.3, -0.25) is 5.32 Å². The zero-order chi connectivity index (χ0) is 16.9. The van der Waals surface area contributed by atoms with Gasteiger partial charge in [0, 0.05) is 0 Å². The molecule has 6 nitrogen and oxygen atoms in total. The zero-order valence-electron chi connectivity index (χ0n) is 12.3. The molecule has 0 aliphatic heterocycles. The van der Waals surface area contributed by atoms with Crippen LogP contribution in [0.4, 0.5) is 25.3 Å². The van der Waals surface area contributed by atoms with Crippen molar-refractivity contribution in [2.45, 2.75) is 6.42 Å². The van der Waals surface area contributed by atoms with Crippen LogP contribution in [0.2, 0.25) is 0 Å². The van der Waals surface area contributed by atoms with Gasteiger partial charge in [0.05, 0.1) is 6.42 Å². The number of hydrogen-bond donors (Lipinski definition) is 2. The smallest absolute Gasteiger partial charge is 0.327 e. The summed E-state index contributed by atoms with van der Waals surface area (Å²) in [6.45, 7) is 0. The first-order valence-electron chi connectivity index (χ1n) is 7.00. The first-order chi connectivity index (χ1) is 11.6. The van der Waals surface area contributed by atoms with Crippen molar-refractivity contribution in [1.82, 2.24) is 10.2 Å². The summed E-state index contributed by atoms with van der Waals surface area (Å²) in [7, 11) is 0. The molecule has 3 rings (SSSR count). The van der Waals surface area contributed by atoms with E-state index in [-0.39, 0.29) is 6.01 Å². The van der Waals surface area contributed by atoms with Gasteiger partial charge in [0.1, 0.15) is 17.3 Å². The molecule has 1 heterocycles. The summed E-state index contributed by atoms with van der Waals surface area (Å²) in [4.78, 5) is 11.8. The minimum Gasteiger partial charge on any atom is -0.407 e. The second-order valence-corrected chi connectivity index (χ2v) is 4.84. The van der Waals surface area contributed by atoms with Crippen LogP contribution < -0.4 is 10.6 Å². The third-order valence-electron chi connectivity index (χ3n) is 3.09. The molecule has 0 unspecified atom stereocenters. The average Bonchev–Trinajstić information content (AvgIpc) is 2.99. The van der Waals surface area contributed by atoms with Crippen molar-refractivity contribution in [3.63, 3.8) is 0 Å². The quantitative estimate of drug-likeness (QED) is 0.766. The van der Waals surface area contributed by atoms with Crippen molar-refractivity contribution in [1.29, 1.82) is 0 Å². The maximum Gasteiger partial charge on any atom is 0.327 e. The molecule has 8 heteroatoms. The Hall–Kier alpha value is -3.29. The summed E-state index contributed by atoms with van der Waals surface area (Å²) in [6, 6.07) is 11.6. The van der Waals surface area contributed by atoms with Crippen molar-refractivity contribution >= 4 is 17.7 Å². The molecule has 0 saturated heterocycles. The van der Waals surface area contributed by atoms with Crippen LogP contribution in [0.3, 0.4) is 0 Å². The van der Waals surface area contributed by atoms with E-state index in [1.807, 2.05) is 30.3 Å². The van der Waals surface area contributed by atoms with Crippen LogP contribution in [0, 0.1) is 11.6 Å². The fourth-order valence-electron chi connectivity index (χ4n) is 2.01. The van der Waals surface area contributed by atoms with E-state index in [0.717, 1.165) is 17.7 Å². The SMILES string of the molecule is O=C(Nc1nnc(Cc2ccccc2)o1)Nc1c(F)cccc1F. The van der Waals surface area contributed by atoms with Crippen molar-refractivity contribution in [3.8, 4) is 0 Å². The molecule has 24 heavy (non-hydrogen) atoms. The van der Waals surface area contributed by atoms with Crippen LogP contribution in [-0.2, 0) is 6.42 Å². The first-order valence-corrected chi connectivity index (χ1v) is 7.00. The maximum atomic E-state index is 13.5. The van der Waals surface area contributed by atoms with E-state index >= 15 is 0 Å². The lowest BCUT2D eigenvalue weighted by Gasteiger charge is -2.06. The molecule has 2 amide bonds. The summed E-state index contributed by atoms with van der Waals surface area (Å²) in [5.74, 6) is -1.48. The fraction of sp³-hybridized carbons (Fsp3) is 0.0625. The highest BCUT2D eigenvalue weighted by atomic mass is 19.1. The van der Waals surface area contributed by atoms with Gasteiger partial charge in [0.25, 0.3) is 0 Å². The van der Waals surface area contributed by atoms with Gasteiger partial charge in [-0.25, -0.2) is 13.6 Å². The molecule has 0 bridgehead atoms. The largest absolute Gasteiger partial charge is 0.407 e. The summed E-state index contributed by atoms with van der Waals surface area (Å²) in [5, 5.41) is 11.7. The monoisotopic (exact) mass is 330 g/mol. The van der Waals surface area contributed by atoms with Gasteiger partial charge in [-0.05, 0) is 17.7 Å². The van der Waals surface area contributed by atoms with Gasteiger partial charge < -0.3 is 9.73 Å². The van der Waals surface area contributed by atoms with Crippen LogP contribution in [0.5, 0.6) is 0 Å². The highest BCUT2D eigenvalue weighted by Crippen LogP contribution is 2.18. The first kappa shape index (κ1) is 15.6. The number of halogens is 2. The van der Waals surface area contributed by atoms with Gasteiger partial charge in [-0.1, -0.05) is 41.5 Å². The van der Waals surface area contributed by atoms with Crippen molar-refractivity contribution in [3.05, 3.63) is 71.6 Å². The van der Waals surface area contributed by atoms with Gasteiger partial charge in [-0.15, -0.1) is 5.10 Å². The molecule has 0 aliphatic rings. The number of hydrogen-bond acceptors (Lipinski definition) is 4.